The number of halogens is 3. The van der Waals surface area contributed by atoms with E-state index < -0.39 is 27.1 Å². The van der Waals surface area contributed by atoms with Gasteiger partial charge in [-0.2, -0.15) is 5.10 Å². The van der Waals surface area contributed by atoms with E-state index in [2.05, 4.69) is 26.0 Å². The van der Waals surface area contributed by atoms with Gasteiger partial charge in [0.1, 0.15) is 29.9 Å². The molecular formula is C13H14BrF2N3O3S2. The Labute approximate surface area is 150 Å². The van der Waals surface area contributed by atoms with E-state index in [1.54, 1.807) is 0 Å². The molecule has 0 aliphatic heterocycles. The van der Waals surface area contributed by atoms with Crippen LogP contribution in [0.4, 0.5) is 8.78 Å². The highest BCUT2D eigenvalue weighted by Gasteiger charge is 2.34. The molecule has 6 nitrogen and oxygen atoms in total. The lowest BCUT2D eigenvalue weighted by atomic mass is 9.95. The maximum atomic E-state index is 14.3. The van der Waals surface area contributed by atoms with Crippen molar-refractivity contribution in [2.75, 3.05) is 17.1 Å². The number of aromatic nitrogens is 3. The third-order valence-electron chi connectivity index (χ3n) is 3.04. The van der Waals surface area contributed by atoms with Crippen molar-refractivity contribution in [3.63, 3.8) is 0 Å². The zero-order valence-electron chi connectivity index (χ0n) is 12.5. The average molecular weight is 442 g/mol. The average Bonchev–Trinajstić information content (AvgIpc) is 2.94. The minimum atomic E-state index is -3.27. The van der Waals surface area contributed by atoms with Gasteiger partial charge >= 0.3 is 0 Å². The molecule has 0 radical (unpaired) electrons. The van der Waals surface area contributed by atoms with Gasteiger partial charge in [-0.15, -0.1) is 11.8 Å². The Bertz CT molecular complexity index is 818. The van der Waals surface area contributed by atoms with Crippen LogP contribution in [0, 0.1) is 11.6 Å². The molecule has 0 bridgehead atoms. The second kappa shape index (κ2) is 7.46. The smallest absolute Gasteiger partial charge is 0.156 e. The molecular weight excluding hydrogens is 428 g/mol. The van der Waals surface area contributed by atoms with Crippen LogP contribution in [0.2, 0.25) is 0 Å². The normalized spacial score (nSPS) is 14.5. The fourth-order valence-corrected chi connectivity index (χ4v) is 4.48. The molecule has 0 saturated heterocycles. The number of aliphatic hydroxyl groups is 1. The van der Waals surface area contributed by atoms with Gasteiger partial charge in [0.2, 0.25) is 0 Å². The molecule has 2 aromatic rings. The van der Waals surface area contributed by atoms with Crippen molar-refractivity contribution >= 4 is 37.5 Å². The third kappa shape index (κ3) is 4.98. The van der Waals surface area contributed by atoms with Gasteiger partial charge in [0.15, 0.2) is 9.84 Å². The second-order valence-electron chi connectivity index (χ2n) is 5.26. The summed E-state index contributed by atoms with van der Waals surface area (Å²) >= 11 is 3.78. The van der Waals surface area contributed by atoms with Gasteiger partial charge in [-0.3, -0.25) is 0 Å². The fourth-order valence-electron chi connectivity index (χ4n) is 2.03. The molecule has 2 rings (SSSR count). The van der Waals surface area contributed by atoms with Crippen molar-refractivity contribution in [3.8, 4) is 0 Å². The quantitative estimate of drug-likeness (QED) is 0.660. The third-order valence-corrected chi connectivity index (χ3v) is 6.71. The van der Waals surface area contributed by atoms with Crippen LogP contribution in [0.1, 0.15) is 5.56 Å². The predicted octanol–water partition coefficient (Wildman–Crippen LogP) is 1.94. The fraction of sp³-hybridized carbons (Fsp3) is 0.385. The molecule has 24 heavy (non-hydrogen) atoms. The Kier molecular flexibility index (Phi) is 6.00. The molecule has 1 unspecified atom stereocenters. The van der Waals surface area contributed by atoms with Crippen molar-refractivity contribution in [1.29, 1.82) is 0 Å². The summed E-state index contributed by atoms with van der Waals surface area (Å²) in [5, 5.41) is 14.5. The summed E-state index contributed by atoms with van der Waals surface area (Å²) in [5.74, 6) is -1.72. The first kappa shape index (κ1) is 19.3. The molecule has 1 aromatic heterocycles. The number of hydrogen-bond donors (Lipinski definition) is 1. The van der Waals surface area contributed by atoms with Gasteiger partial charge in [-0.1, -0.05) is 0 Å². The van der Waals surface area contributed by atoms with Crippen LogP contribution in [-0.2, 0) is 22.0 Å². The van der Waals surface area contributed by atoms with Crippen LogP contribution in [0.3, 0.4) is 0 Å². The molecule has 0 saturated carbocycles. The Hall–Kier alpha value is -1.04. The summed E-state index contributed by atoms with van der Waals surface area (Å²) in [6, 6.07) is 1.80. The first-order valence-electron chi connectivity index (χ1n) is 6.56. The summed E-state index contributed by atoms with van der Waals surface area (Å²) in [4.78, 5) is 3.74. The van der Waals surface area contributed by atoms with E-state index >= 15 is 0 Å². The van der Waals surface area contributed by atoms with E-state index in [1.807, 2.05) is 0 Å². The van der Waals surface area contributed by atoms with E-state index in [0.717, 1.165) is 30.2 Å². The molecule has 11 heteroatoms. The van der Waals surface area contributed by atoms with Crippen LogP contribution in [0.25, 0.3) is 0 Å². The molecule has 0 spiro atoms. The van der Waals surface area contributed by atoms with Gasteiger partial charge in [-0.05, 0) is 28.1 Å². The summed E-state index contributed by atoms with van der Waals surface area (Å²) in [6.07, 6.45) is 3.61. The number of rotatable bonds is 7. The van der Waals surface area contributed by atoms with Gasteiger partial charge < -0.3 is 5.11 Å². The van der Waals surface area contributed by atoms with Crippen molar-refractivity contribution < 1.29 is 22.3 Å². The van der Waals surface area contributed by atoms with E-state index in [4.69, 9.17) is 0 Å². The van der Waals surface area contributed by atoms with Crippen LogP contribution in [0.5, 0.6) is 0 Å². The molecule has 1 heterocycles. The number of sulfone groups is 1. The molecule has 0 amide bonds. The highest BCUT2D eigenvalue weighted by Crippen LogP contribution is 2.32. The Morgan fingerprint density at radius 2 is 2.08 bits per heavy atom. The van der Waals surface area contributed by atoms with Gasteiger partial charge in [-0.25, -0.2) is 26.9 Å². The lowest BCUT2D eigenvalue weighted by molar-refractivity contribution is 0.0358. The molecule has 1 atom stereocenters. The summed E-state index contributed by atoms with van der Waals surface area (Å²) < 4.78 is 51.8. The predicted molar refractivity (Wildman–Crippen MR) is 90.1 cm³/mol. The molecule has 0 aliphatic rings. The van der Waals surface area contributed by atoms with Gasteiger partial charge in [0.05, 0.1) is 16.1 Å². The maximum absolute atomic E-state index is 14.3. The SMILES string of the molecule is CS(=O)(=O)CSCC(O)(Cn1cncn1)c1cc(F)c(Br)cc1F. The van der Waals surface area contributed by atoms with Crippen LogP contribution < -0.4 is 0 Å². The standard InChI is InChI=1S/C13H14BrF2N3O3S2/c1-24(21,22)8-23-5-13(20,4-19-7-17-6-18-19)9-2-12(16)10(14)3-11(9)15/h2-3,6-7,20H,4-5,8H2,1H3. The van der Waals surface area contributed by atoms with Crippen LogP contribution >= 0.6 is 27.7 Å². The second-order valence-corrected chi connectivity index (χ2v) is 9.61. The molecule has 0 aliphatic carbocycles. The lowest BCUT2D eigenvalue weighted by Crippen LogP contribution is -2.36. The van der Waals surface area contributed by atoms with Gasteiger partial charge in [0.25, 0.3) is 0 Å². The van der Waals surface area contributed by atoms with Crippen LogP contribution in [0.15, 0.2) is 29.3 Å². The summed E-state index contributed by atoms with van der Waals surface area (Å²) in [6.45, 7) is -0.207. The summed E-state index contributed by atoms with van der Waals surface area (Å²) in [7, 11) is -3.27. The molecule has 1 N–H and O–H groups in total. The van der Waals surface area contributed by atoms with Crippen molar-refractivity contribution in [2.45, 2.75) is 12.1 Å². The largest absolute Gasteiger partial charge is 0.382 e. The number of hydrogen-bond acceptors (Lipinski definition) is 6. The Balaban J connectivity index is 2.36. The van der Waals surface area contributed by atoms with Crippen molar-refractivity contribution in [3.05, 3.63) is 46.5 Å². The van der Waals surface area contributed by atoms with E-state index in [1.165, 1.54) is 17.3 Å². The van der Waals surface area contributed by atoms with Crippen molar-refractivity contribution in [1.82, 2.24) is 14.8 Å². The Morgan fingerprint density at radius 1 is 1.38 bits per heavy atom. The maximum Gasteiger partial charge on any atom is 0.156 e. The minimum Gasteiger partial charge on any atom is -0.382 e. The highest BCUT2D eigenvalue weighted by molar-refractivity contribution is 9.10. The molecule has 132 valence electrons. The molecule has 0 fully saturated rings. The first-order chi connectivity index (χ1) is 11.1. The number of thioether (sulfide) groups is 1. The Morgan fingerprint density at radius 3 is 2.67 bits per heavy atom. The minimum absolute atomic E-state index is 0.0735. The van der Waals surface area contributed by atoms with Crippen molar-refractivity contribution in [2.24, 2.45) is 0 Å². The van der Waals surface area contributed by atoms with E-state index in [-0.39, 0.29) is 27.4 Å². The summed E-state index contributed by atoms with van der Waals surface area (Å²) in [5.41, 5.74) is -2.14. The molecule has 1 aromatic carbocycles. The number of benzene rings is 1. The monoisotopic (exact) mass is 441 g/mol. The van der Waals surface area contributed by atoms with E-state index in [0.29, 0.717) is 0 Å². The van der Waals surface area contributed by atoms with E-state index in [9.17, 15) is 22.3 Å². The first-order valence-corrected chi connectivity index (χ1v) is 10.6. The zero-order chi connectivity index (χ0) is 18.0. The zero-order valence-corrected chi connectivity index (χ0v) is 15.7. The topological polar surface area (TPSA) is 85.1 Å². The van der Waals surface area contributed by atoms with Crippen LogP contribution in [-0.4, -0.2) is 45.4 Å². The highest BCUT2D eigenvalue weighted by atomic mass is 79.9. The number of nitrogens with zero attached hydrogens (tertiary/aromatic N) is 3. The lowest BCUT2D eigenvalue weighted by Gasteiger charge is -2.28. The van der Waals surface area contributed by atoms with Gasteiger partial charge in [0, 0.05) is 17.6 Å².